The second kappa shape index (κ2) is 15.1. The van der Waals surface area contributed by atoms with Crippen LogP contribution in [0.3, 0.4) is 0 Å². The highest BCUT2D eigenvalue weighted by atomic mass is 35.5. The minimum atomic E-state index is -0.436. The van der Waals surface area contributed by atoms with Crippen molar-refractivity contribution in [2.24, 2.45) is 5.73 Å². The fourth-order valence-corrected chi connectivity index (χ4v) is 5.27. The number of methoxy groups -OCH3 is 1. The van der Waals surface area contributed by atoms with E-state index >= 15 is 0 Å². The number of aromatic nitrogens is 2. The molecule has 0 spiro atoms. The molecule has 4 rings (SSSR count). The van der Waals surface area contributed by atoms with Crippen LogP contribution in [0.1, 0.15) is 73.7 Å². The van der Waals surface area contributed by atoms with Gasteiger partial charge in [-0.15, -0.1) is 36.2 Å². The van der Waals surface area contributed by atoms with Crippen LogP contribution in [0.15, 0.2) is 5.38 Å². The van der Waals surface area contributed by atoms with E-state index in [4.69, 9.17) is 10.5 Å². The zero-order valence-corrected chi connectivity index (χ0v) is 24.4. The van der Waals surface area contributed by atoms with Crippen LogP contribution in [0.2, 0.25) is 0 Å². The van der Waals surface area contributed by atoms with Crippen LogP contribution in [0, 0.1) is 0 Å². The van der Waals surface area contributed by atoms with Crippen molar-refractivity contribution in [3.05, 3.63) is 16.1 Å². The molecule has 2 aromatic heterocycles. The van der Waals surface area contributed by atoms with Crippen LogP contribution in [0.5, 0.6) is 0 Å². The van der Waals surface area contributed by atoms with E-state index in [1.54, 1.807) is 5.38 Å². The zero-order chi connectivity index (χ0) is 24.8. The van der Waals surface area contributed by atoms with Gasteiger partial charge >= 0.3 is 5.97 Å². The second-order valence-corrected chi connectivity index (χ2v) is 10.6. The van der Waals surface area contributed by atoms with Crippen molar-refractivity contribution >= 4 is 59.1 Å². The highest BCUT2D eigenvalue weighted by Gasteiger charge is 2.25. The number of hydrogen-bond acceptors (Lipinski definition) is 8. The molecule has 2 fully saturated rings. The number of H-pyrrole nitrogens is 1. The maximum absolute atomic E-state index is 12.4. The Hall–Kier alpha value is -1.43. The summed E-state index contributed by atoms with van der Waals surface area (Å²) in [6.07, 6.45) is 4.23. The van der Waals surface area contributed by atoms with Gasteiger partial charge in [0.15, 0.2) is 5.82 Å². The standard InChI is InChI=1S/C16H22N4O3S.C8H18N2.2ClH/c1-9(2)20-6-4-10(5-7-20)17-15(21)14-18-11-8-24-13(12(11)19-14)16(22)23-3;1-7(2)10-5-3-8(9)4-6-10;;/h8-10H,4-7H2,1-3H3,(H,17,21)(H,18,19);7-8H,3-6,9H2,1-2H3;2*1H. The fraction of sp³-hybridized carbons (Fsp3) is 0.708. The van der Waals surface area contributed by atoms with Crippen molar-refractivity contribution in [1.29, 1.82) is 0 Å². The van der Waals surface area contributed by atoms with Gasteiger partial charge in [0.25, 0.3) is 5.91 Å². The molecule has 0 bridgehead atoms. The number of hydrogen-bond donors (Lipinski definition) is 3. The number of likely N-dealkylation sites (tertiary alicyclic amines) is 2. The van der Waals surface area contributed by atoms with Gasteiger partial charge in [-0.2, -0.15) is 0 Å². The molecule has 0 aliphatic carbocycles. The van der Waals surface area contributed by atoms with Gasteiger partial charge in [0.05, 0.1) is 12.6 Å². The zero-order valence-electron chi connectivity index (χ0n) is 21.9. The molecular formula is C24H42Cl2N6O3S. The summed E-state index contributed by atoms with van der Waals surface area (Å²) >= 11 is 1.26. The van der Waals surface area contributed by atoms with E-state index < -0.39 is 5.97 Å². The highest BCUT2D eigenvalue weighted by molar-refractivity contribution is 7.13. The van der Waals surface area contributed by atoms with Crippen LogP contribution < -0.4 is 11.1 Å². The van der Waals surface area contributed by atoms with Crippen molar-refractivity contribution in [2.75, 3.05) is 33.3 Å². The highest BCUT2D eigenvalue weighted by Crippen LogP contribution is 2.24. The second-order valence-electron chi connectivity index (χ2n) is 9.75. The molecule has 4 heterocycles. The normalized spacial score (nSPS) is 17.8. The number of nitrogens with two attached hydrogens (primary N) is 1. The average molecular weight is 566 g/mol. The minimum Gasteiger partial charge on any atom is -0.465 e. The smallest absolute Gasteiger partial charge is 0.350 e. The summed E-state index contributed by atoms with van der Waals surface area (Å²) in [5, 5.41) is 4.81. The van der Waals surface area contributed by atoms with Gasteiger partial charge in [0.2, 0.25) is 0 Å². The molecule has 2 aliphatic heterocycles. The molecule has 0 unspecified atom stereocenters. The molecule has 0 saturated carbocycles. The third-order valence-corrected chi connectivity index (χ3v) is 7.68. The van der Waals surface area contributed by atoms with Gasteiger partial charge in [0, 0.05) is 42.6 Å². The third kappa shape index (κ3) is 8.56. The summed E-state index contributed by atoms with van der Waals surface area (Å²) < 4.78 is 4.74. The largest absolute Gasteiger partial charge is 0.465 e. The molecule has 2 aromatic rings. The Labute approximate surface area is 230 Å². The summed E-state index contributed by atoms with van der Waals surface area (Å²) in [6, 6.07) is 1.87. The van der Waals surface area contributed by atoms with Gasteiger partial charge in [-0.3, -0.25) is 4.79 Å². The van der Waals surface area contributed by atoms with Crippen LogP contribution in [-0.2, 0) is 4.74 Å². The van der Waals surface area contributed by atoms with E-state index in [1.165, 1.54) is 44.4 Å². The maximum Gasteiger partial charge on any atom is 0.350 e. The molecule has 4 N–H and O–H groups in total. The SMILES string of the molecule is CC(C)N1CCC(N)CC1.COC(=O)c1scc2[nH]c(C(=O)NC3CCN(C(C)C)CC3)nc12.Cl.Cl. The Kier molecular flexibility index (Phi) is 13.7. The van der Waals surface area contributed by atoms with Gasteiger partial charge in [-0.1, -0.05) is 0 Å². The molecule has 1 amide bonds. The number of amides is 1. The van der Waals surface area contributed by atoms with Crippen LogP contribution in [-0.4, -0.2) is 89.1 Å². The predicted octanol–water partition coefficient (Wildman–Crippen LogP) is 3.68. The number of piperidine rings is 2. The van der Waals surface area contributed by atoms with E-state index in [-0.39, 0.29) is 42.6 Å². The summed E-state index contributed by atoms with van der Waals surface area (Å²) in [5.74, 6) is -0.422. The first kappa shape index (κ1) is 32.6. The van der Waals surface area contributed by atoms with E-state index in [0.717, 1.165) is 25.9 Å². The molecule has 206 valence electrons. The summed E-state index contributed by atoms with van der Waals surface area (Å²) in [6.45, 7) is 13.2. The lowest BCUT2D eigenvalue weighted by Crippen LogP contribution is -2.46. The molecule has 2 aliphatic rings. The van der Waals surface area contributed by atoms with Crippen molar-refractivity contribution in [2.45, 2.75) is 77.5 Å². The number of rotatable bonds is 5. The van der Waals surface area contributed by atoms with Crippen molar-refractivity contribution < 1.29 is 14.3 Å². The molecule has 0 atom stereocenters. The number of nitrogens with zero attached hydrogens (tertiary/aromatic N) is 3. The number of fused-ring (bicyclic) bond motifs is 1. The number of imidazole rings is 1. The molecule has 12 heteroatoms. The van der Waals surface area contributed by atoms with Gasteiger partial charge in [-0.25, -0.2) is 9.78 Å². The summed E-state index contributed by atoms with van der Waals surface area (Å²) in [5.41, 5.74) is 6.94. The number of ether oxygens (including phenoxy) is 1. The van der Waals surface area contributed by atoms with Crippen molar-refractivity contribution in [1.82, 2.24) is 25.1 Å². The third-order valence-electron chi connectivity index (χ3n) is 6.73. The van der Waals surface area contributed by atoms with Crippen LogP contribution >= 0.6 is 36.2 Å². The fourth-order valence-electron chi connectivity index (χ4n) is 4.41. The quantitative estimate of drug-likeness (QED) is 0.474. The first-order valence-corrected chi connectivity index (χ1v) is 13.2. The van der Waals surface area contributed by atoms with Gasteiger partial charge in [0.1, 0.15) is 10.4 Å². The van der Waals surface area contributed by atoms with Gasteiger partial charge in [-0.05, 0) is 66.5 Å². The lowest BCUT2D eigenvalue weighted by Gasteiger charge is -2.34. The number of carbonyl (C=O) groups excluding carboxylic acids is 2. The van der Waals surface area contributed by atoms with Gasteiger partial charge < -0.3 is 30.6 Å². The molecule has 9 nitrogen and oxygen atoms in total. The van der Waals surface area contributed by atoms with Crippen molar-refractivity contribution in [3.8, 4) is 0 Å². The predicted molar refractivity (Wildman–Crippen MR) is 151 cm³/mol. The molecule has 36 heavy (non-hydrogen) atoms. The topological polar surface area (TPSA) is 117 Å². The average Bonchev–Trinajstić information content (AvgIpc) is 3.41. The van der Waals surface area contributed by atoms with E-state index in [0.29, 0.717) is 34.0 Å². The maximum atomic E-state index is 12.4. The number of nitrogens with one attached hydrogen (secondary N) is 2. The summed E-state index contributed by atoms with van der Waals surface area (Å²) in [7, 11) is 1.33. The van der Waals surface area contributed by atoms with E-state index in [9.17, 15) is 9.59 Å². The number of carbonyl (C=O) groups is 2. The van der Waals surface area contributed by atoms with E-state index in [1.807, 2.05) is 0 Å². The van der Waals surface area contributed by atoms with E-state index in [2.05, 4.69) is 52.8 Å². The molecule has 0 radical (unpaired) electrons. The monoisotopic (exact) mass is 564 g/mol. The van der Waals surface area contributed by atoms with Crippen LogP contribution in [0.25, 0.3) is 11.0 Å². The lowest BCUT2D eigenvalue weighted by atomic mass is 10.0. The Balaban J connectivity index is 0.000000459. The molecule has 2 saturated heterocycles. The summed E-state index contributed by atoms with van der Waals surface area (Å²) in [4.78, 5) is 36.7. The Morgan fingerprint density at radius 1 is 1.06 bits per heavy atom. The number of thiophene rings is 1. The number of aromatic amines is 1. The first-order chi connectivity index (χ1) is 16.2. The molecular weight excluding hydrogens is 523 g/mol. The molecule has 0 aromatic carbocycles. The lowest BCUT2D eigenvalue weighted by molar-refractivity contribution is 0.0607. The number of halogens is 2. The Morgan fingerprint density at radius 3 is 2.08 bits per heavy atom. The Bertz CT molecular complexity index is 951. The first-order valence-electron chi connectivity index (χ1n) is 12.3. The number of esters is 1. The van der Waals surface area contributed by atoms with Crippen molar-refractivity contribution in [3.63, 3.8) is 0 Å². The Morgan fingerprint density at radius 2 is 1.58 bits per heavy atom. The minimum absolute atomic E-state index is 0. The van der Waals surface area contributed by atoms with Crippen LogP contribution in [0.4, 0.5) is 0 Å².